The van der Waals surface area contributed by atoms with Gasteiger partial charge in [0.25, 0.3) is 0 Å². The number of hydrogen-bond donors (Lipinski definition) is 1. The number of aromatic nitrogens is 2. The van der Waals surface area contributed by atoms with Crippen molar-refractivity contribution in [1.29, 1.82) is 0 Å². The van der Waals surface area contributed by atoms with Crippen LogP contribution >= 0.6 is 0 Å². The largest absolute Gasteiger partial charge is 0.369 e. The number of imidazole rings is 1. The molecular weight excluding hydrogens is 212 g/mol. The van der Waals surface area contributed by atoms with E-state index in [4.69, 9.17) is 5.73 Å². The SMILES string of the molecule is Cc1nc(N)n(C)c1-c1ccc(F)c(F)c1. The Bertz CT molecular complexity index is 546. The topological polar surface area (TPSA) is 43.8 Å². The Morgan fingerprint density at radius 2 is 1.94 bits per heavy atom. The van der Waals surface area contributed by atoms with Crippen molar-refractivity contribution in [3.8, 4) is 11.3 Å². The maximum atomic E-state index is 13.1. The van der Waals surface area contributed by atoms with Gasteiger partial charge in [-0.1, -0.05) is 0 Å². The summed E-state index contributed by atoms with van der Waals surface area (Å²) < 4.78 is 27.5. The van der Waals surface area contributed by atoms with Crippen LogP contribution in [0.2, 0.25) is 0 Å². The summed E-state index contributed by atoms with van der Waals surface area (Å²) in [6.07, 6.45) is 0. The quantitative estimate of drug-likeness (QED) is 0.805. The maximum absolute atomic E-state index is 13.1. The molecule has 0 fully saturated rings. The van der Waals surface area contributed by atoms with Gasteiger partial charge in [-0.05, 0) is 25.1 Å². The number of nitrogens with two attached hydrogens (primary N) is 1. The number of nitrogen functional groups attached to an aromatic ring is 1. The molecule has 5 heteroatoms. The number of nitrogens with zero attached hydrogens (tertiary/aromatic N) is 2. The predicted molar refractivity (Wildman–Crippen MR) is 57.7 cm³/mol. The average molecular weight is 223 g/mol. The van der Waals surface area contributed by atoms with Crippen LogP contribution in [-0.2, 0) is 7.05 Å². The van der Waals surface area contributed by atoms with Crippen molar-refractivity contribution in [2.45, 2.75) is 6.92 Å². The third-order valence-corrected chi connectivity index (χ3v) is 2.50. The third-order valence-electron chi connectivity index (χ3n) is 2.50. The van der Waals surface area contributed by atoms with E-state index in [9.17, 15) is 8.78 Å². The van der Waals surface area contributed by atoms with Crippen LogP contribution in [0.5, 0.6) is 0 Å². The van der Waals surface area contributed by atoms with E-state index in [1.54, 1.807) is 18.5 Å². The fourth-order valence-electron chi connectivity index (χ4n) is 1.70. The second-order valence-corrected chi connectivity index (χ2v) is 3.59. The molecular formula is C11H11F2N3. The van der Waals surface area contributed by atoms with E-state index in [1.165, 1.54) is 6.07 Å². The van der Waals surface area contributed by atoms with Gasteiger partial charge in [0.15, 0.2) is 11.6 Å². The summed E-state index contributed by atoms with van der Waals surface area (Å²) >= 11 is 0. The van der Waals surface area contributed by atoms with E-state index in [1.807, 2.05) is 0 Å². The summed E-state index contributed by atoms with van der Waals surface area (Å²) in [6.45, 7) is 1.77. The molecule has 0 spiro atoms. The molecule has 0 radical (unpaired) electrons. The molecule has 0 saturated carbocycles. The Morgan fingerprint density at radius 1 is 1.25 bits per heavy atom. The van der Waals surface area contributed by atoms with E-state index in [2.05, 4.69) is 4.98 Å². The molecule has 0 unspecified atom stereocenters. The molecule has 0 aliphatic carbocycles. The minimum Gasteiger partial charge on any atom is -0.369 e. The van der Waals surface area contributed by atoms with Crippen molar-refractivity contribution < 1.29 is 8.78 Å². The van der Waals surface area contributed by atoms with Gasteiger partial charge in [0, 0.05) is 12.6 Å². The lowest BCUT2D eigenvalue weighted by Crippen LogP contribution is -1.99. The normalized spacial score (nSPS) is 10.8. The Labute approximate surface area is 91.5 Å². The Morgan fingerprint density at radius 3 is 2.44 bits per heavy atom. The Balaban J connectivity index is 2.63. The number of aryl methyl sites for hydroxylation is 1. The zero-order chi connectivity index (χ0) is 11.9. The number of rotatable bonds is 1. The van der Waals surface area contributed by atoms with Crippen molar-refractivity contribution in [2.24, 2.45) is 7.05 Å². The number of halogens is 2. The zero-order valence-electron chi connectivity index (χ0n) is 8.96. The first-order chi connectivity index (χ1) is 7.50. The lowest BCUT2D eigenvalue weighted by Gasteiger charge is -2.05. The number of hydrogen-bond acceptors (Lipinski definition) is 2. The van der Waals surface area contributed by atoms with Crippen LogP contribution in [0.3, 0.4) is 0 Å². The molecule has 1 aromatic carbocycles. The van der Waals surface area contributed by atoms with Crippen LogP contribution in [0.25, 0.3) is 11.3 Å². The van der Waals surface area contributed by atoms with E-state index >= 15 is 0 Å². The van der Waals surface area contributed by atoms with E-state index < -0.39 is 11.6 Å². The van der Waals surface area contributed by atoms with Crippen molar-refractivity contribution in [1.82, 2.24) is 9.55 Å². The highest BCUT2D eigenvalue weighted by atomic mass is 19.2. The minimum atomic E-state index is -0.878. The van der Waals surface area contributed by atoms with Crippen molar-refractivity contribution >= 4 is 5.95 Å². The van der Waals surface area contributed by atoms with Gasteiger partial charge in [-0.25, -0.2) is 13.8 Å². The monoisotopic (exact) mass is 223 g/mol. The zero-order valence-corrected chi connectivity index (χ0v) is 8.96. The predicted octanol–water partition coefficient (Wildman–Crippen LogP) is 2.26. The summed E-state index contributed by atoms with van der Waals surface area (Å²) in [5.41, 5.74) is 7.57. The van der Waals surface area contributed by atoms with Crippen LogP contribution in [0.4, 0.5) is 14.7 Å². The van der Waals surface area contributed by atoms with Crippen LogP contribution in [0, 0.1) is 18.6 Å². The molecule has 2 N–H and O–H groups in total. The highest BCUT2D eigenvalue weighted by Crippen LogP contribution is 2.26. The second kappa shape index (κ2) is 3.59. The second-order valence-electron chi connectivity index (χ2n) is 3.59. The lowest BCUT2D eigenvalue weighted by molar-refractivity contribution is 0.509. The number of benzene rings is 1. The van der Waals surface area contributed by atoms with Crippen LogP contribution in [0.1, 0.15) is 5.69 Å². The highest BCUT2D eigenvalue weighted by molar-refractivity contribution is 5.64. The summed E-state index contributed by atoms with van der Waals surface area (Å²) in [5, 5.41) is 0. The molecule has 0 atom stereocenters. The lowest BCUT2D eigenvalue weighted by atomic mass is 10.1. The van der Waals surface area contributed by atoms with Gasteiger partial charge in [-0.2, -0.15) is 0 Å². The molecule has 0 saturated heterocycles. The van der Waals surface area contributed by atoms with Gasteiger partial charge < -0.3 is 10.3 Å². The average Bonchev–Trinajstić information content (AvgIpc) is 2.47. The molecule has 2 rings (SSSR count). The maximum Gasteiger partial charge on any atom is 0.200 e. The Kier molecular flexibility index (Phi) is 2.38. The van der Waals surface area contributed by atoms with Gasteiger partial charge in [0.2, 0.25) is 5.95 Å². The molecule has 84 valence electrons. The number of anilines is 1. The minimum absolute atomic E-state index is 0.345. The van der Waals surface area contributed by atoms with Gasteiger partial charge >= 0.3 is 0 Å². The Hall–Kier alpha value is -1.91. The fraction of sp³-hybridized carbons (Fsp3) is 0.182. The van der Waals surface area contributed by atoms with Crippen LogP contribution in [0.15, 0.2) is 18.2 Å². The molecule has 0 aliphatic rings. The molecule has 0 aliphatic heterocycles. The van der Waals surface area contributed by atoms with Crippen molar-refractivity contribution in [3.05, 3.63) is 35.5 Å². The summed E-state index contributed by atoms with van der Waals surface area (Å²) in [5.74, 6) is -1.40. The van der Waals surface area contributed by atoms with Gasteiger partial charge in [-0.3, -0.25) is 0 Å². The summed E-state index contributed by atoms with van der Waals surface area (Å²) in [7, 11) is 1.73. The first-order valence-corrected chi connectivity index (χ1v) is 4.75. The first-order valence-electron chi connectivity index (χ1n) is 4.75. The molecule has 1 aromatic heterocycles. The van der Waals surface area contributed by atoms with Gasteiger partial charge in [0.1, 0.15) is 0 Å². The smallest absolute Gasteiger partial charge is 0.200 e. The van der Waals surface area contributed by atoms with Crippen LogP contribution in [-0.4, -0.2) is 9.55 Å². The third kappa shape index (κ3) is 1.54. The van der Waals surface area contributed by atoms with Crippen molar-refractivity contribution in [3.63, 3.8) is 0 Å². The van der Waals surface area contributed by atoms with Crippen molar-refractivity contribution in [2.75, 3.05) is 5.73 Å². The molecule has 0 amide bonds. The molecule has 2 aromatic rings. The first kappa shape index (κ1) is 10.6. The molecule has 1 heterocycles. The summed E-state index contributed by atoms with van der Waals surface area (Å²) in [6, 6.07) is 3.73. The molecule has 16 heavy (non-hydrogen) atoms. The summed E-state index contributed by atoms with van der Waals surface area (Å²) in [4.78, 5) is 4.06. The van der Waals surface area contributed by atoms with E-state index in [0.717, 1.165) is 12.1 Å². The van der Waals surface area contributed by atoms with Crippen LogP contribution < -0.4 is 5.73 Å². The van der Waals surface area contributed by atoms with E-state index in [0.29, 0.717) is 22.9 Å². The van der Waals surface area contributed by atoms with E-state index in [-0.39, 0.29) is 0 Å². The van der Waals surface area contributed by atoms with Gasteiger partial charge in [0.05, 0.1) is 11.4 Å². The van der Waals surface area contributed by atoms with Gasteiger partial charge in [-0.15, -0.1) is 0 Å². The highest BCUT2D eigenvalue weighted by Gasteiger charge is 2.13. The molecule has 0 bridgehead atoms. The fourth-order valence-corrected chi connectivity index (χ4v) is 1.70. The molecule has 3 nitrogen and oxygen atoms in total. The standard InChI is InChI=1S/C11H11F2N3/c1-6-10(16(2)11(14)15-6)7-3-4-8(12)9(13)5-7/h3-5H,1-2H3,(H2,14,15).